The predicted molar refractivity (Wildman–Crippen MR) is 45.6 cm³/mol. The van der Waals surface area contributed by atoms with Gasteiger partial charge in [0, 0.05) is 4.91 Å². The fourth-order valence-electron chi connectivity index (χ4n) is 1.83. The molecular formula is C7H11N3O5. The fraction of sp³-hybridized carbons (Fsp3) is 1.00. The van der Waals surface area contributed by atoms with Crippen LogP contribution in [0.4, 0.5) is 0 Å². The third-order valence-corrected chi connectivity index (χ3v) is 2.91. The second-order valence-electron chi connectivity index (χ2n) is 3.72. The molecule has 3 heterocycles. The van der Waals surface area contributed by atoms with E-state index in [9.17, 15) is 10.2 Å². The standard InChI is InChI=1S/C7H11N3O5/c8-10-9-7-3-14-6(1-11,2-15-7)4(12)5(7)13/h4-5,11-13H,1-3H2/t4-,5+,6+,7?/m1/s1. The third kappa shape index (κ3) is 1.24. The van der Waals surface area contributed by atoms with Crippen molar-refractivity contribution in [1.29, 1.82) is 0 Å². The number of nitrogens with zero attached hydrogens (tertiary/aromatic N) is 3. The Morgan fingerprint density at radius 1 is 1.33 bits per heavy atom. The van der Waals surface area contributed by atoms with Crippen LogP contribution >= 0.6 is 0 Å². The summed E-state index contributed by atoms with van der Waals surface area (Å²) in [7, 11) is 0. The van der Waals surface area contributed by atoms with Gasteiger partial charge >= 0.3 is 0 Å². The molecule has 0 aliphatic carbocycles. The average Bonchev–Trinajstić information content (AvgIpc) is 2.27. The van der Waals surface area contributed by atoms with Gasteiger partial charge in [-0.2, -0.15) is 0 Å². The SMILES string of the molecule is [N-]=[N+]=NC12CO[C@@](CO)(CO1)[C@H](O)[C@@H]2O. The molecule has 0 radical (unpaired) electrons. The summed E-state index contributed by atoms with van der Waals surface area (Å²) < 4.78 is 10.4. The molecule has 1 unspecified atom stereocenters. The van der Waals surface area contributed by atoms with Gasteiger partial charge in [-0.15, -0.1) is 0 Å². The lowest BCUT2D eigenvalue weighted by Gasteiger charge is -2.55. The Morgan fingerprint density at radius 2 is 2.07 bits per heavy atom. The van der Waals surface area contributed by atoms with Crippen molar-refractivity contribution in [3.63, 3.8) is 0 Å². The molecule has 0 aromatic carbocycles. The van der Waals surface area contributed by atoms with E-state index in [0.29, 0.717) is 0 Å². The minimum Gasteiger partial charge on any atom is -0.393 e. The summed E-state index contributed by atoms with van der Waals surface area (Å²) in [5.41, 5.74) is 5.45. The van der Waals surface area contributed by atoms with Gasteiger partial charge in [-0.1, -0.05) is 5.11 Å². The Bertz CT molecular complexity index is 308. The average molecular weight is 217 g/mol. The molecule has 8 heteroatoms. The van der Waals surface area contributed by atoms with E-state index in [1.807, 2.05) is 0 Å². The molecule has 3 fully saturated rings. The highest BCUT2D eigenvalue weighted by atomic mass is 16.6. The first-order valence-electron chi connectivity index (χ1n) is 4.41. The van der Waals surface area contributed by atoms with Crippen LogP contribution in [-0.4, -0.2) is 58.7 Å². The summed E-state index contributed by atoms with van der Waals surface area (Å²) in [6.07, 6.45) is -2.74. The van der Waals surface area contributed by atoms with Crippen LogP contribution in [0, 0.1) is 0 Å². The second-order valence-corrected chi connectivity index (χ2v) is 3.72. The molecule has 0 amide bonds. The molecule has 3 aliphatic rings. The maximum atomic E-state index is 9.71. The van der Waals surface area contributed by atoms with E-state index in [2.05, 4.69) is 10.0 Å². The van der Waals surface area contributed by atoms with Gasteiger partial charge in [0.25, 0.3) is 0 Å². The van der Waals surface area contributed by atoms with Crippen LogP contribution in [0.15, 0.2) is 5.11 Å². The van der Waals surface area contributed by atoms with E-state index >= 15 is 0 Å². The van der Waals surface area contributed by atoms with E-state index in [1.165, 1.54) is 0 Å². The minimum absolute atomic E-state index is 0.124. The summed E-state index contributed by atoms with van der Waals surface area (Å²) in [6.45, 7) is -0.784. The van der Waals surface area contributed by atoms with Crippen LogP contribution in [0.25, 0.3) is 10.4 Å². The Labute approximate surface area is 84.7 Å². The fourth-order valence-corrected chi connectivity index (χ4v) is 1.83. The van der Waals surface area contributed by atoms with Crippen molar-refractivity contribution in [3.8, 4) is 0 Å². The summed E-state index contributed by atoms with van der Waals surface area (Å²) in [4.78, 5) is 2.55. The van der Waals surface area contributed by atoms with E-state index in [4.69, 9.17) is 20.1 Å². The number of fused-ring (bicyclic) bond motifs is 3. The molecule has 4 atom stereocenters. The number of aliphatic hydroxyl groups excluding tert-OH is 3. The first-order valence-corrected chi connectivity index (χ1v) is 4.41. The third-order valence-electron chi connectivity index (χ3n) is 2.91. The topological polar surface area (TPSA) is 128 Å². The summed E-state index contributed by atoms with van der Waals surface area (Å²) in [5.74, 6) is 0. The molecule has 0 aromatic heterocycles. The number of aliphatic hydroxyl groups is 3. The highest BCUT2D eigenvalue weighted by molar-refractivity contribution is 5.09. The molecule has 2 bridgehead atoms. The highest BCUT2D eigenvalue weighted by Gasteiger charge is 2.62. The number of ether oxygens (including phenoxy) is 2. The molecule has 8 nitrogen and oxygen atoms in total. The van der Waals surface area contributed by atoms with Gasteiger partial charge < -0.3 is 24.8 Å². The summed E-state index contributed by atoms with van der Waals surface area (Å²) in [6, 6.07) is 0. The lowest BCUT2D eigenvalue weighted by Crippen LogP contribution is -2.75. The van der Waals surface area contributed by atoms with Crippen molar-refractivity contribution < 1.29 is 24.8 Å². The largest absolute Gasteiger partial charge is 0.393 e. The molecule has 0 aromatic rings. The van der Waals surface area contributed by atoms with Crippen molar-refractivity contribution in [3.05, 3.63) is 10.4 Å². The van der Waals surface area contributed by atoms with Crippen molar-refractivity contribution in [2.24, 2.45) is 5.11 Å². The lowest BCUT2D eigenvalue weighted by molar-refractivity contribution is -0.358. The highest BCUT2D eigenvalue weighted by Crippen LogP contribution is 2.40. The van der Waals surface area contributed by atoms with Crippen LogP contribution in [-0.2, 0) is 9.47 Å². The molecule has 3 N–H and O–H groups in total. The molecular weight excluding hydrogens is 206 g/mol. The van der Waals surface area contributed by atoms with Crippen LogP contribution in [0.3, 0.4) is 0 Å². The van der Waals surface area contributed by atoms with Gasteiger partial charge in [-0.25, -0.2) is 0 Å². The number of azide groups is 1. The molecule has 3 rings (SSSR count). The first kappa shape index (κ1) is 10.6. The van der Waals surface area contributed by atoms with E-state index < -0.39 is 30.1 Å². The number of rotatable bonds is 2. The zero-order chi connectivity index (χ0) is 11.1. The van der Waals surface area contributed by atoms with E-state index in [0.717, 1.165) is 0 Å². The normalized spacial score (nSPS) is 48.7. The minimum atomic E-state index is -1.58. The van der Waals surface area contributed by atoms with Gasteiger partial charge in [-0.3, -0.25) is 0 Å². The van der Waals surface area contributed by atoms with E-state index in [-0.39, 0.29) is 13.2 Å². The molecule has 0 spiro atoms. The maximum absolute atomic E-state index is 9.71. The monoisotopic (exact) mass is 217 g/mol. The first-order chi connectivity index (χ1) is 7.10. The van der Waals surface area contributed by atoms with Gasteiger partial charge in [0.2, 0.25) is 0 Å². The zero-order valence-electron chi connectivity index (χ0n) is 7.78. The van der Waals surface area contributed by atoms with Gasteiger partial charge in [0.1, 0.15) is 17.8 Å². The Kier molecular flexibility index (Phi) is 2.34. The Balaban J connectivity index is 2.34. The van der Waals surface area contributed by atoms with Gasteiger partial charge in [0.15, 0.2) is 5.72 Å². The van der Waals surface area contributed by atoms with Crippen LogP contribution < -0.4 is 0 Å². The smallest absolute Gasteiger partial charge is 0.198 e. The molecule has 15 heavy (non-hydrogen) atoms. The van der Waals surface area contributed by atoms with E-state index in [1.54, 1.807) is 0 Å². The Hall–Kier alpha value is -0.890. The predicted octanol–water partition coefficient (Wildman–Crippen LogP) is -1.49. The van der Waals surface area contributed by atoms with Crippen molar-refractivity contribution in [1.82, 2.24) is 0 Å². The second kappa shape index (κ2) is 3.31. The molecule has 84 valence electrons. The molecule has 3 saturated heterocycles. The van der Waals surface area contributed by atoms with Crippen molar-refractivity contribution >= 4 is 0 Å². The van der Waals surface area contributed by atoms with Gasteiger partial charge in [-0.05, 0) is 5.53 Å². The molecule has 0 saturated carbocycles. The van der Waals surface area contributed by atoms with Crippen LogP contribution in [0.2, 0.25) is 0 Å². The maximum Gasteiger partial charge on any atom is 0.198 e. The van der Waals surface area contributed by atoms with Crippen LogP contribution in [0.5, 0.6) is 0 Å². The number of hydrogen-bond donors (Lipinski definition) is 3. The van der Waals surface area contributed by atoms with Crippen molar-refractivity contribution in [2.75, 3.05) is 19.8 Å². The molecule has 3 aliphatic heterocycles. The lowest BCUT2D eigenvalue weighted by atomic mass is 9.82. The van der Waals surface area contributed by atoms with Crippen LogP contribution in [0.1, 0.15) is 0 Å². The number of hydrogen-bond acceptors (Lipinski definition) is 6. The Morgan fingerprint density at radius 3 is 2.53 bits per heavy atom. The summed E-state index contributed by atoms with van der Waals surface area (Å²) >= 11 is 0. The zero-order valence-corrected chi connectivity index (χ0v) is 7.78. The van der Waals surface area contributed by atoms with Gasteiger partial charge in [0.05, 0.1) is 19.8 Å². The summed E-state index contributed by atoms with van der Waals surface area (Å²) in [5, 5.41) is 31.8. The quantitative estimate of drug-likeness (QED) is 0.295. The van der Waals surface area contributed by atoms with Crippen molar-refractivity contribution in [2.45, 2.75) is 23.5 Å².